The summed E-state index contributed by atoms with van der Waals surface area (Å²) in [5.41, 5.74) is 3.45. The molecule has 0 aromatic heterocycles. The van der Waals surface area contributed by atoms with Gasteiger partial charge in [-0.25, -0.2) is 0 Å². The van der Waals surface area contributed by atoms with E-state index in [0.29, 0.717) is 11.0 Å². The number of carbonyl (C=O) groups excluding carboxylic acids is 1. The highest BCUT2D eigenvalue weighted by molar-refractivity contribution is 9.10. The number of hydrogen-bond donors (Lipinski definition) is 1. The Balaban J connectivity index is 1.35. The Morgan fingerprint density at radius 3 is 2.04 bits per heavy atom. The normalized spacial score (nSPS) is 31.8. The summed E-state index contributed by atoms with van der Waals surface area (Å²) in [6.07, 6.45) is 8.54. The molecule has 4 aliphatic carbocycles. The Hall–Kier alpha value is -1.61. The Labute approximate surface area is 163 Å². The summed E-state index contributed by atoms with van der Waals surface area (Å²) in [5.74, 6) is 2.79. The molecule has 26 heavy (non-hydrogen) atoms. The van der Waals surface area contributed by atoms with Crippen LogP contribution in [0.2, 0.25) is 0 Å². The lowest BCUT2D eigenvalue weighted by Gasteiger charge is -2.57. The Morgan fingerprint density at radius 2 is 1.46 bits per heavy atom. The fourth-order valence-corrected chi connectivity index (χ4v) is 6.68. The molecule has 2 nitrogen and oxygen atoms in total. The minimum atomic E-state index is -0.0694. The van der Waals surface area contributed by atoms with Gasteiger partial charge in [-0.05, 0) is 107 Å². The van der Waals surface area contributed by atoms with Crippen molar-refractivity contribution in [2.75, 3.05) is 5.32 Å². The van der Waals surface area contributed by atoms with Gasteiger partial charge in [0.25, 0.3) is 5.91 Å². The van der Waals surface area contributed by atoms with Gasteiger partial charge in [0.2, 0.25) is 0 Å². The molecule has 0 spiro atoms. The van der Waals surface area contributed by atoms with Crippen LogP contribution in [-0.2, 0) is 5.41 Å². The number of benzene rings is 2. The van der Waals surface area contributed by atoms with E-state index >= 15 is 0 Å². The summed E-state index contributed by atoms with van der Waals surface area (Å²) in [4.78, 5) is 12.5. The second-order valence-electron chi connectivity index (χ2n) is 8.71. The van der Waals surface area contributed by atoms with E-state index in [4.69, 9.17) is 0 Å². The van der Waals surface area contributed by atoms with E-state index in [0.717, 1.165) is 27.9 Å². The smallest absolute Gasteiger partial charge is 0.256 e. The Bertz CT molecular complexity index is 806. The Morgan fingerprint density at radius 1 is 0.885 bits per heavy atom. The number of nitrogens with one attached hydrogen (secondary N) is 1. The first-order valence-corrected chi connectivity index (χ1v) is 10.6. The van der Waals surface area contributed by atoms with Crippen molar-refractivity contribution >= 4 is 27.5 Å². The molecule has 134 valence electrons. The zero-order valence-corrected chi connectivity index (χ0v) is 16.5. The van der Waals surface area contributed by atoms with Crippen molar-refractivity contribution in [3.63, 3.8) is 0 Å². The highest BCUT2D eigenvalue weighted by Crippen LogP contribution is 2.60. The lowest BCUT2D eigenvalue weighted by atomic mass is 9.48. The summed E-state index contributed by atoms with van der Waals surface area (Å²) < 4.78 is 0.822. The van der Waals surface area contributed by atoms with Crippen LogP contribution >= 0.6 is 15.9 Å². The highest BCUT2D eigenvalue weighted by Gasteiger charge is 2.51. The maximum absolute atomic E-state index is 12.5. The summed E-state index contributed by atoms with van der Waals surface area (Å²) in [6, 6.07) is 16.2. The highest BCUT2D eigenvalue weighted by atomic mass is 79.9. The molecule has 3 heteroatoms. The molecule has 0 radical (unpaired) electrons. The fourth-order valence-electron chi connectivity index (χ4n) is 6.22. The van der Waals surface area contributed by atoms with Gasteiger partial charge >= 0.3 is 0 Å². The molecule has 1 amide bonds. The first-order chi connectivity index (χ1) is 12.6. The van der Waals surface area contributed by atoms with Gasteiger partial charge in [0.15, 0.2) is 0 Å². The third-order valence-corrected chi connectivity index (χ3v) is 7.60. The van der Waals surface area contributed by atoms with Crippen molar-refractivity contribution in [3.05, 3.63) is 64.1 Å². The van der Waals surface area contributed by atoms with E-state index < -0.39 is 0 Å². The third-order valence-electron chi connectivity index (χ3n) is 6.91. The van der Waals surface area contributed by atoms with Crippen molar-refractivity contribution in [1.82, 2.24) is 0 Å². The predicted octanol–water partition coefficient (Wildman–Crippen LogP) is 6.17. The molecule has 0 saturated heterocycles. The molecule has 2 aromatic rings. The second-order valence-corrected chi connectivity index (χ2v) is 9.56. The molecule has 0 atom stereocenters. The van der Waals surface area contributed by atoms with Crippen molar-refractivity contribution in [2.45, 2.75) is 43.9 Å². The Kier molecular flexibility index (Phi) is 3.97. The van der Waals surface area contributed by atoms with Gasteiger partial charge in [-0.2, -0.15) is 0 Å². The average Bonchev–Trinajstić information content (AvgIpc) is 2.61. The maximum Gasteiger partial charge on any atom is 0.256 e. The quantitative estimate of drug-likeness (QED) is 0.644. The largest absolute Gasteiger partial charge is 0.322 e. The number of halogens is 1. The van der Waals surface area contributed by atoms with Crippen LogP contribution in [0.15, 0.2) is 53.0 Å². The molecule has 0 aliphatic heterocycles. The summed E-state index contributed by atoms with van der Waals surface area (Å²) >= 11 is 3.45. The van der Waals surface area contributed by atoms with E-state index in [9.17, 15) is 4.79 Å². The molecule has 0 unspecified atom stereocenters. The fraction of sp³-hybridized carbons (Fsp3) is 0.435. The van der Waals surface area contributed by atoms with Crippen LogP contribution < -0.4 is 5.32 Å². The van der Waals surface area contributed by atoms with E-state index in [2.05, 4.69) is 45.5 Å². The van der Waals surface area contributed by atoms with E-state index in [1.54, 1.807) is 0 Å². The number of rotatable bonds is 3. The predicted molar refractivity (Wildman–Crippen MR) is 108 cm³/mol. The van der Waals surface area contributed by atoms with Crippen molar-refractivity contribution < 1.29 is 4.79 Å². The van der Waals surface area contributed by atoms with Crippen LogP contribution in [0.3, 0.4) is 0 Å². The summed E-state index contributed by atoms with van der Waals surface area (Å²) in [7, 11) is 0. The van der Waals surface area contributed by atoms with Crippen LogP contribution in [0.4, 0.5) is 5.69 Å². The third kappa shape index (κ3) is 2.81. The van der Waals surface area contributed by atoms with E-state index in [-0.39, 0.29) is 5.91 Å². The molecule has 2 aromatic carbocycles. The number of hydrogen-bond acceptors (Lipinski definition) is 1. The first kappa shape index (κ1) is 16.6. The number of carbonyl (C=O) groups is 1. The molecule has 1 N–H and O–H groups in total. The van der Waals surface area contributed by atoms with Crippen LogP contribution in [-0.4, -0.2) is 5.91 Å². The van der Waals surface area contributed by atoms with Crippen molar-refractivity contribution in [3.8, 4) is 0 Å². The second kappa shape index (κ2) is 6.23. The molecular weight excluding hydrogens is 386 g/mol. The van der Waals surface area contributed by atoms with Gasteiger partial charge in [-0.3, -0.25) is 4.79 Å². The molecule has 4 bridgehead atoms. The van der Waals surface area contributed by atoms with Gasteiger partial charge in [0, 0.05) is 10.2 Å². The van der Waals surface area contributed by atoms with E-state index in [1.807, 2.05) is 24.3 Å². The average molecular weight is 410 g/mol. The zero-order valence-electron chi connectivity index (χ0n) is 14.9. The van der Waals surface area contributed by atoms with Crippen molar-refractivity contribution in [1.29, 1.82) is 0 Å². The summed E-state index contributed by atoms with van der Waals surface area (Å²) in [6.45, 7) is 0. The standard InChI is InChI=1S/C23H24BrNO/c24-21-4-2-1-3-20(21)22(26)25-19-7-5-18(6-8-19)23-12-15-9-16(13-23)11-17(10-15)14-23/h1-8,15-17H,9-14H2,(H,25,26). The molecule has 6 rings (SSSR count). The summed E-state index contributed by atoms with van der Waals surface area (Å²) in [5, 5.41) is 3.03. The first-order valence-electron chi connectivity index (χ1n) is 9.78. The van der Waals surface area contributed by atoms with Gasteiger partial charge in [0.05, 0.1) is 5.56 Å². The maximum atomic E-state index is 12.5. The van der Waals surface area contributed by atoms with Gasteiger partial charge in [0.1, 0.15) is 0 Å². The van der Waals surface area contributed by atoms with Crippen LogP contribution in [0.25, 0.3) is 0 Å². The SMILES string of the molecule is O=C(Nc1ccc(C23CC4CC(CC(C4)C2)C3)cc1)c1ccccc1Br. The van der Waals surface area contributed by atoms with Crippen molar-refractivity contribution in [2.24, 2.45) is 17.8 Å². The lowest BCUT2D eigenvalue weighted by molar-refractivity contribution is -0.00518. The minimum Gasteiger partial charge on any atom is -0.322 e. The lowest BCUT2D eigenvalue weighted by Crippen LogP contribution is -2.48. The number of anilines is 1. The topological polar surface area (TPSA) is 29.1 Å². The van der Waals surface area contributed by atoms with E-state index in [1.165, 1.54) is 44.1 Å². The molecule has 4 aliphatic rings. The monoisotopic (exact) mass is 409 g/mol. The van der Waals surface area contributed by atoms with Gasteiger partial charge < -0.3 is 5.32 Å². The molecule has 4 saturated carbocycles. The minimum absolute atomic E-state index is 0.0694. The molecular formula is C23H24BrNO. The van der Waals surface area contributed by atoms with Gasteiger partial charge in [-0.15, -0.1) is 0 Å². The molecule has 4 fully saturated rings. The number of amides is 1. The van der Waals surface area contributed by atoms with Crippen LogP contribution in [0.5, 0.6) is 0 Å². The van der Waals surface area contributed by atoms with Crippen LogP contribution in [0, 0.1) is 17.8 Å². The molecule has 0 heterocycles. The van der Waals surface area contributed by atoms with Crippen LogP contribution in [0.1, 0.15) is 54.4 Å². The zero-order chi connectivity index (χ0) is 17.7. The van der Waals surface area contributed by atoms with Gasteiger partial charge in [-0.1, -0.05) is 24.3 Å².